The molecule has 2 aromatic rings. The highest BCUT2D eigenvalue weighted by molar-refractivity contribution is 5.85. The van der Waals surface area contributed by atoms with Crippen molar-refractivity contribution in [2.24, 2.45) is 5.73 Å². The number of hydrogen-bond donors (Lipinski definition) is 2. The minimum absolute atomic E-state index is 0. The van der Waals surface area contributed by atoms with Crippen LogP contribution < -0.4 is 16.0 Å². The molecule has 3 rings (SSSR count). The number of nitrogens with one attached hydrogen (secondary N) is 1. The van der Waals surface area contributed by atoms with E-state index in [1.807, 2.05) is 6.92 Å². The fraction of sp³-hybridized carbons (Fsp3) is 0.375. The van der Waals surface area contributed by atoms with Gasteiger partial charge in [-0.05, 0) is 24.6 Å². The Bertz CT molecular complexity index is 624. The Hall–Kier alpha value is -1.76. The molecule has 1 aliphatic rings. The van der Waals surface area contributed by atoms with Gasteiger partial charge in [0.15, 0.2) is 0 Å². The van der Waals surface area contributed by atoms with Gasteiger partial charge >= 0.3 is 0 Å². The summed E-state index contributed by atoms with van der Waals surface area (Å²) in [4.78, 5) is 11.0. The molecule has 0 bridgehead atoms. The van der Waals surface area contributed by atoms with Crippen molar-refractivity contribution in [3.05, 3.63) is 53.6 Å². The van der Waals surface area contributed by atoms with Crippen molar-refractivity contribution in [2.45, 2.75) is 12.5 Å². The highest BCUT2D eigenvalue weighted by Gasteiger charge is 2.25. The number of rotatable bonds is 3. The molecule has 0 aliphatic carbocycles. The van der Waals surface area contributed by atoms with E-state index in [0.717, 1.165) is 43.3 Å². The molecule has 0 spiro atoms. The monoisotopic (exact) mass is 337 g/mol. The molecule has 1 unspecified atom stereocenters. The number of halogens is 2. The Labute approximate surface area is 141 Å². The average Bonchev–Trinajstić information content (AvgIpc) is 2.56. The topological polar surface area (TPSA) is 67.1 Å². The van der Waals surface area contributed by atoms with Crippen molar-refractivity contribution in [1.82, 2.24) is 15.3 Å². The Morgan fingerprint density at radius 1 is 1.09 bits per heavy atom. The molecule has 23 heavy (non-hydrogen) atoms. The standard InChI is InChI=1S/C16H20FN5.ClH/c1-16(18,12-2-4-14(17)5-3-12)13-10-20-15(21-11-13)22-8-6-19-7-9-22;/h2-5,10-11,19H,6-9,18H2,1H3;1H. The van der Waals surface area contributed by atoms with Crippen LogP contribution >= 0.6 is 12.4 Å². The molecular formula is C16H21ClFN5. The lowest BCUT2D eigenvalue weighted by Crippen LogP contribution is -2.44. The molecule has 1 aromatic heterocycles. The quantitative estimate of drug-likeness (QED) is 0.891. The van der Waals surface area contributed by atoms with E-state index in [2.05, 4.69) is 20.2 Å². The van der Waals surface area contributed by atoms with Crippen molar-refractivity contribution in [3.63, 3.8) is 0 Å². The number of benzene rings is 1. The van der Waals surface area contributed by atoms with Gasteiger partial charge in [-0.15, -0.1) is 12.4 Å². The van der Waals surface area contributed by atoms with Crippen molar-refractivity contribution in [3.8, 4) is 0 Å². The van der Waals surface area contributed by atoms with Gasteiger partial charge in [-0.25, -0.2) is 14.4 Å². The fourth-order valence-electron chi connectivity index (χ4n) is 2.58. The average molecular weight is 338 g/mol. The van der Waals surface area contributed by atoms with Crippen LogP contribution in [0.1, 0.15) is 18.1 Å². The molecule has 2 heterocycles. The van der Waals surface area contributed by atoms with Crippen LogP contribution in [0.2, 0.25) is 0 Å². The van der Waals surface area contributed by atoms with Crippen molar-refractivity contribution >= 4 is 18.4 Å². The number of anilines is 1. The van der Waals surface area contributed by atoms with E-state index in [-0.39, 0.29) is 18.2 Å². The van der Waals surface area contributed by atoms with Crippen LogP contribution in [0.15, 0.2) is 36.7 Å². The zero-order chi connectivity index (χ0) is 15.6. The molecule has 0 amide bonds. The molecule has 7 heteroatoms. The van der Waals surface area contributed by atoms with Crippen LogP contribution in [0, 0.1) is 5.82 Å². The van der Waals surface area contributed by atoms with E-state index >= 15 is 0 Å². The summed E-state index contributed by atoms with van der Waals surface area (Å²) in [6.07, 6.45) is 3.52. The molecule has 1 atom stereocenters. The van der Waals surface area contributed by atoms with Gasteiger partial charge in [-0.1, -0.05) is 12.1 Å². The lowest BCUT2D eigenvalue weighted by molar-refractivity contribution is 0.572. The Morgan fingerprint density at radius 3 is 2.22 bits per heavy atom. The third-order valence-corrected chi connectivity index (χ3v) is 4.08. The minimum atomic E-state index is -0.754. The summed E-state index contributed by atoms with van der Waals surface area (Å²) in [5.41, 5.74) is 7.29. The van der Waals surface area contributed by atoms with E-state index in [0.29, 0.717) is 0 Å². The lowest BCUT2D eigenvalue weighted by atomic mass is 9.87. The molecule has 124 valence electrons. The van der Waals surface area contributed by atoms with Gasteiger partial charge in [0.2, 0.25) is 5.95 Å². The van der Waals surface area contributed by atoms with Crippen LogP contribution in [0.5, 0.6) is 0 Å². The van der Waals surface area contributed by atoms with Crippen molar-refractivity contribution < 1.29 is 4.39 Å². The molecule has 1 aliphatic heterocycles. The molecular weight excluding hydrogens is 317 g/mol. The van der Waals surface area contributed by atoms with Crippen LogP contribution in [0.25, 0.3) is 0 Å². The summed E-state index contributed by atoms with van der Waals surface area (Å²) in [5, 5.41) is 3.30. The van der Waals surface area contributed by atoms with Gasteiger partial charge in [-0.2, -0.15) is 0 Å². The van der Waals surface area contributed by atoms with Gasteiger partial charge in [0.1, 0.15) is 5.82 Å². The molecule has 1 saturated heterocycles. The van der Waals surface area contributed by atoms with Crippen LogP contribution in [0.4, 0.5) is 10.3 Å². The predicted molar refractivity (Wildman–Crippen MR) is 91.4 cm³/mol. The second kappa shape index (κ2) is 7.21. The van der Waals surface area contributed by atoms with E-state index in [4.69, 9.17) is 5.73 Å². The summed E-state index contributed by atoms with van der Waals surface area (Å²) in [6, 6.07) is 6.21. The molecule has 3 N–H and O–H groups in total. The maximum atomic E-state index is 13.1. The molecule has 0 radical (unpaired) electrons. The normalized spacial score (nSPS) is 17.3. The molecule has 0 saturated carbocycles. The van der Waals surface area contributed by atoms with E-state index < -0.39 is 5.54 Å². The fourth-order valence-corrected chi connectivity index (χ4v) is 2.58. The summed E-state index contributed by atoms with van der Waals surface area (Å²) in [5.74, 6) is 0.449. The van der Waals surface area contributed by atoms with E-state index in [1.165, 1.54) is 12.1 Å². The molecule has 5 nitrogen and oxygen atoms in total. The minimum Gasteiger partial charge on any atom is -0.338 e. The lowest BCUT2D eigenvalue weighted by Gasteiger charge is -2.29. The second-order valence-corrected chi connectivity index (χ2v) is 5.72. The maximum Gasteiger partial charge on any atom is 0.225 e. The van der Waals surface area contributed by atoms with Gasteiger partial charge in [0, 0.05) is 44.1 Å². The van der Waals surface area contributed by atoms with Crippen LogP contribution in [-0.2, 0) is 5.54 Å². The summed E-state index contributed by atoms with van der Waals surface area (Å²) < 4.78 is 13.1. The summed E-state index contributed by atoms with van der Waals surface area (Å²) in [6.45, 7) is 5.56. The Morgan fingerprint density at radius 2 is 1.65 bits per heavy atom. The first-order valence-electron chi connectivity index (χ1n) is 7.40. The van der Waals surface area contributed by atoms with Crippen LogP contribution in [0.3, 0.4) is 0 Å². The van der Waals surface area contributed by atoms with Gasteiger partial charge < -0.3 is 16.0 Å². The first-order chi connectivity index (χ1) is 10.6. The van der Waals surface area contributed by atoms with Gasteiger partial charge in [0.25, 0.3) is 0 Å². The number of hydrogen-bond acceptors (Lipinski definition) is 5. The number of nitrogens with zero attached hydrogens (tertiary/aromatic N) is 3. The SMILES string of the molecule is CC(N)(c1ccc(F)cc1)c1cnc(N2CCNCC2)nc1.Cl. The zero-order valence-corrected chi connectivity index (χ0v) is 13.8. The van der Waals surface area contributed by atoms with Crippen LogP contribution in [-0.4, -0.2) is 36.1 Å². The van der Waals surface area contributed by atoms with Gasteiger partial charge in [-0.3, -0.25) is 0 Å². The summed E-state index contributed by atoms with van der Waals surface area (Å²) in [7, 11) is 0. The number of aromatic nitrogens is 2. The van der Waals surface area contributed by atoms with Crippen molar-refractivity contribution in [2.75, 3.05) is 31.1 Å². The highest BCUT2D eigenvalue weighted by Crippen LogP contribution is 2.26. The zero-order valence-electron chi connectivity index (χ0n) is 13.0. The molecule has 1 aromatic carbocycles. The summed E-state index contributed by atoms with van der Waals surface area (Å²) >= 11 is 0. The first-order valence-corrected chi connectivity index (χ1v) is 7.40. The first kappa shape index (κ1) is 17.6. The van der Waals surface area contributed by atoms with E-state index in [1.54, 1.807) is 24.5 Å². The second-order valence-electron chi connectivity index (χ2n) is 5.72. The number of piperazine rings is 1. The third kappa shape index (κ3) is 3.77. The molecule has 1 fully saturated rings. The van der Waals surface area contributed by atoms with Crippen molar-refractivity contribution in [1.29, 1.82) is 0 Å². The largest absolute Gasteiger partial charge is 0.338 e. The van der Waals surface area contributed by atoms with E-state index in [9.17, 15) is 4.39 Å². The highest BCUT2D eigenvalue weighted by atomic mass is 35.5. The third-order valence-electron chi connectivity index (χ3n) is 4.08. The number of nitrogens with two attached hydrogens (primary N) is 1. The smallest absolute Gasteiger partial charge is 0.225 e. The predicted octanol–water partition coefficient (Wildman–Crippen LogP) is 1.67. The Kier molecular flexibility index (Phi) is 5.51. The Balaban J connectivity index is 0.00000192. The van der Waals surface area contributed by atoms with Gasteiger partial charge in [0.05, 0.1) is 5.54 Å². The maximum absolute atomic E-state index is 13.1.